The van der Waals surface area contributed by atoms with Gasteiger partial charge in [-0.1, -0.05) is 25.8 Å². The number of rotatable bonds is 4. The minimum absolute atomic E-state index is 0.107. The fraction of sp³-hybridized carbons (Fsp3) is 0.750. The van der Waals surface area contributed by atoms with Gasteiger partial charge in [-0.2, -0.15) is 0 Å². The number of urea groups is 1. The molecule has 0 unspecified atom stereocenters. The van der Waals surface area contributed by atoms with Gasteiger partial charge in [0.25, 0.3) is 5.91 Å². The molecule has 4 amide bonds. The zero-order valence-corrected chi connectivity index (χ0v) is 15.6. The van der Waals surface area contributed by atoms with E-state index in [1.807, 2.05) is 11.8 Å². The van der Waals surface area contributed by atoms with Crippen LogP contribution in [0.15, 0.2) is 11.8 Å². The molecule has 6 heteroatoms. The number of imide groups is 1. The smallest absolute Gasteiger partial charge is 0.323 e. The molecular formula is C20H29N3O3. The van der Waals surface area contributed by atoms with Crippen LogP contribution in [-0.2, 0) is 9.59 Å². The van der Waals surface area contributed by atoms with E-state index < -0.39 is 11.6 Å². The van der Waals surface area contributed by atoms with Crippen molar-refractivity contribution in [1.82, 2.24) is 15.1 Å². The second kappa shape index (κ2) is 6.71. The van der Waals surface area contributed by atoms with Crippen molar-refractivity contribution in [3.63, 3.8) is 0 Å². The molecule has 1 heterocycles. The lowest BCUT2D eigenvalue weighted by Crippen LogP contribution is -2.54. The largest absolute Gasteiger partial charge is 0.325 e. The number of nitrogens with zero attached hydrogens (tertiary/aromatic N) is 2. The Morgan fingerprint density at radius 1 is 1.23 bits per heavy atom. The van der Waals surface area contributed by atoms with Crippen molar-refractivity contribution in [2.75, 3.05) is 6.54 Å². The molecule has 3 aliphatic carbocycles. The number of carbonyl (C=O) groups excluding carboxylic acids is 3. The van der Waals surface area contributed by atoms with Gasteiger partial charge >= 0.3 is 6.03 Å². The molecule has 4 aliphatic rings. The molecule has 1 saturated heterocycles. The summed E-state index contributed by atoms with van der Waals surface area (Å²) in [5, 5.41) is 2.94. The Kier molecular flexibility index (Phi) is 4.53. The zero-order chi connectivity index (χ0) is 18.3. The van der Waals surface area contributed by atoms with Crippen molar-refractivity contribution in [3.8, 4) is 0 Å². The number of nitrogens with one attached hydrogen (secondary N) is 1. The summed E-state index contributed by atoms with van der Waals surface area (Å²) < 4.78 is 0. The van der Waals surface area contributed by atoms with Crippen LogP contribution in [0.1, 0.15) is 71.1 Å². The Bertz CT molecular complexity index is 655. The van der Waals surface area contributed by atoms with Gasteiger partial charge in [0.05, 0.1) is 0 Å². The first kappa shape index (κ1) is 17.6. The normalized spacial score (nSPS) is 31.8. The molecular weight excluding hydrogens is 330 g/mol. The highest BCUT2D eigenvalue weighted by Gasteiger charge is 2.55. The average Bonchev–Trinajstić information content (AvgIpc) is 3.43. The third-order valence-electron chi connectivity index (χ3n) is 6.55. The molecule has 2 saturated carbocycles. The van der Waals surface area contributed by atoms with Crippen LogP contribution >= 0.6 is 0 Å². The lowest BCUT2D eigenvalue weighted by Gasteiger charge is -2.37. The Labute approximate surface area is 155 Å². The summed E-state index contributed by atoms with van der Waals surface area (Å²) in [5.41, 5.74) is 0.306. The van der Waals surface area contributed by atoms with Gasteiger partial charge in [-0.15, -0.1) is 0 Å². The van der Waals surface area contributed by atoms with E-state index in [0.717, 1.165) is 57.1 Å². The lowest BCUT2D eigenvalue weighted by atomic mass is 9.73. The molecule has 0 aromatic carbocycles. The number of allylic oxidation sites excluding steroid dienone is 2. The van der Waals surface area contributed by atoms with Crippen molar-refractivity contribution >= 4 is 17.8 Å². The number of amides is 4. The minimum atomic E-state index is -0.788. The molecule has 0 aromatic rings. The van der Waals surface area contributed by atoms with Gasteiger partial charge < -0.3 is 10.2 Å². The summed E-state index contributed by atoms with van der Waals surface area (Å²) >= 11 is 0. The van der Waals surface area contributed by atoms with Gasteiger partial charge in [-0.25, -0.2) is 4.79 Å². The molecule has 6 nitrogen and oxygen atoms in total. The maximum Gasteiger partial charge on any atom is 0.325 e. The number of hydrogen-bond acceptors (Lipinski definition) is 3. The van der Waals surface area contributed by atoms with Gasteiger partial charge in [-0.05, 0) is 57.3 Å². The summed E-state index contributed by atoms with van der Waals surface area (Å²) in [4.78, 5) is 41.7. The molecule has 1 spiro atoms. The van der Waals surface area contributed by atoms with Gasteiger partial charge in [0, 0.05) is 11.7 Å². The molecule has 142 valence electrons. The third kappa shape index (κ3) is 2.93. The highest BCUT2D eigenvalue weighted by Crippen LogP contribution is 2.39. The minimum Gasteiger partial charge on any atom is -0.323 e. The number of hydrogen-bond donors (Lipinski definition) is 1. The highest BCUT2D eigenvalue weighted by molar-refractivity contribution is 6.09. The van der Waals surface area contributed by atoms with E-state index in [2.05, 4.69) is 11.4 Å². The van der Waals surface area contributed by atoms with E-state index in [1.54, 1.807) is 0 Å². The zero-order valence-electron chi connectivity index (χ0n) is 15.6. The van der Waals surface area contributed by atoms with Crippen molar-refractivity contribution in [2.24, 2.45) is 5.92 Å². The van der Waals surface area contributed by atoms with E-state index in [1.165, 1.54) is 11.3 Å². The molecule has 3 fully saturated rings. The quantitative estimate of drug-likeness (QED) is 0.785. The Morgan fingerprint density at radius 3 is 2.69 bits per heavy atom. The fourth-order valence-electron chi connectivity index (χ4n) is 4.82. The standard InChI is InChI=1S/C20H29N3O3/c1-14-7-5-6-12-20(14)18(25)22(19(26)21-20)13-17(24)23(16-10-11-16)15-8-3-2-4-9-15/h8,14,16H,2-7,9-13H2,1H3,(H,21,26)/t14-,20-/m1/s1. The van der Waals surface area contributed by atoms with Crippen molar-refractivity contribution in [1.29, 1.82) is 0 Å². The first-order valence-electron chi connectivity index (χ1n) is 10.2. The highest BCUT2D eigenvalue weighted by atomic mass is 16.2. The van der Waals surface area contributed by atoms with Crippen molar-refractivity contribution < 1.29 is 14.4 Å². The summed E-state index contributed by atoms with van der Waals surface area (Å²) in [6, 6.07) is -0.138. The first-order valence-corrected chi connectivity index (χ1v) is 10.2. The molecule has 0 aromatic heterocycles. The maximum atomic E-state index is 13.1. The van der Waals surface area contributed by atoms with E-state index in [4.69, 9.17) is 0 Å². The second-order valence-electron chi connectivity index (χ2n) is 8.38. The lowest BCUT2D eigenvalue weighted by molar-refractivity contribution is -0.140. The van der Waals surface area contributed by atoms with Crippen LogP contribution in [-0.4, -0.2) is 45.8 Å². The Morgan fingerprint density at radius 2 is 2.04 bits per heavy atom. The van der Waals surface area contributed by atoms with E-state index in [0.29, 0.717) is 6.42 Å². The molecule has 2 atom stereocenters. The molecule has 0 bridgehead atoms. The van der Waals surface area contributed by atoms with Crippen molar-refractivity contribution in [2.45, 2.75) is 82.7 Å². The van der Waals surface area contributed by atoms with Crippen LogP contribution in [0.25, 0.3) is 0 Å². The molecule has 1 N–H and O–H groups in total. The van der Waals surface area contributed by atoms with Crippen LogP contribution in [0.2, 0.25) is 0 Å². The first-order chi connectivity index (χ1) is 12.5. The van der Waals surface area contributed by atoms with Crippen LogP contribution in [0.5, 0.6) is 0 Å². The van der Waals surface area contributed by atoms with Crippen LogP contribution in [0, 0.1) is 5.92 Å². The average molecular weight is 359 g/mol. The second-order valence-corrected chi connectivity index (χ2v) is 8.38. The van der Waals surface area contributed by atoms with E-state index >= 15 is 0 Å². The molecule has 4 rings (SSSR count). The predicted molar refractivity (Wildman–Crippen MR) is 97.0 cm³/mol. The van der Waals surface area contributed by atoms with Crippen LogP contribution < -0.4 is 5.32 Å². The Balaban J connectivity index is 1.50. The maximum absolute atomic E-state index is 13.1. The molecule has 26 heavy (non-hydrogen) atoms. The molecule has 1 aliphatic heterocycles. The van der Waals surface area contributed by atoms with Gasteiger partial charge in [-0.3, -0.25) is 14.5 Å². The SMILES string of the molecule is C[C@@H]1CCCC[C@@]12NC(=O)N(CC(=O)N(C1=CCCCC1)C1CC1)C2=O. The summed E-state index contributed by atoms with van der Waals surface area (Å²) in [6.07, 6.45) is 12.1. The topological polar surface area (TPSA) is 69.7 Å². The van der Waals surface area contributed by atoms with E-state index in [-0.39, 0.29) is 30.3 Å². The summed E-state index contributed by atoms with van der Waals surface area (Å²) in [5.74, 6) is -0.186. The molecule has 0 radical (unpaired) electrons. The summed E-state index contributed by atoms with van der Waals surface area (Å²) in [7, 11) is 0. The number of carbonyl (C=O) groups is 3. The fourth-order valence-corrected chi connectivity index (χ4v) is 4.82. The predicted octanol–water partition coefficient (Wildman–Crippen LogP) is 2.94. The monoisotopic (exact) mass is 359 g/mol. The summed E-state index contributed by atoms with van der Waals surface area (Å²) in [6.45, 7) is 1.90. The third-order valence-corrected chi connectivity index (χ3v) is 6.55. The van der Waals surface area contributed by atoms with E-state index in [9.17, 15) is 14.4 Å². The van der Waals surface area contributed by atoms with Gasteiger partial charge in [0.2, 0.25) is 5.91 Å². The van der Waals surface area contributed by atoms with Crippen molar-refractivity contribution in [3.05, 3.63) is 11.8 Å². The van der Waals surface area contributed by atoms with Crippen LogP contribution in [0.3, 0.4) is 0 Å². The van der Waals surface area contributed by atoms with Gasteiger partial charge in [0.15, 0.2) is 0 Å². The van der Waals surface area contributed by atoms with Gasteiger partial charge in [0.1, 0.15) is 12.1 Å². The van der Waals surface area contributed by atoms with Crippen LogP contribution in [0.4, 0.5) is 4.79 Å². The Hall–Kier alpha value is -1.85.